The van der Waals surface area contributed by atoms with E-state index in [2.05, 4.69) is 10.3 Å². The molecule has 0 amide bonds. The Morgan fingerprint density at radius 2 is 2.09 bits per heavy atom. The third-order valence-electron chi connectivity index (χ3n) is 3.16. The molecule has 0 spiro atoms. The van der Waals surface area contributed by atoms with Crippen LogP contribution in [0.4, 0.5) is 5.82 Å². The molecular formula is C16H17N3O3. The summed E-state index contributed by atoms with van der Waals surface area (Å²) < 4.78 is 10.4. The average molecular weight is 299 g/mol. The zero-order valence-electron chi connectivity index (χ0n) is 12.4. The van der Waals surface area contributed by atoms with Gasteiger partial charge < -0.3 is 19.9 Å². The number of rotatable bonds is 6. The summed E-state index contributed by atoms with van der Waals surface area (Å²) in [5.41, 5.74) is 1.12. The van der Waals surface area contributed by atoms with E-state index in [-0.39, 0.29) is 6.54 Å². The molecule has 0 bridgehead atoms. The van der Waals surface area contributed by atoms with Gasteiger partial charge in [-0.2, -0.15) is 5.26 Å². The van der Waals surface area contributed by atoms with Crippen molar-refractivity contribution >= 4 is 5.82 Å². The predicted octanol–water partition coefficient (Wildman–Crippen LogP) is 2.12. The minimum absolute atomic E-state index is 0.228. The molecule has 6 heteroatoms. The van der Waals surface area contributed by atoms with Gasteiger partial charge >= 0.3 is 0 Å². The Morgan fingerprint density at radius 3 is 2.77 bits per heavy atom. The summed E-state index contributed by atoms with van der Waals surface area (Å²) in [6, 6.07) is 10.5. The molecule has 0 fully saturated rings. The van der Waals surface area contributed by atoms with Gasteiger partial charge in [0.25, 0.3) is 0 Å². The van der Waals surface area contributed by atoms with Gasteiger partial charge in [0.15, 0.2) is 0 Å². The summed E-state index contributed by atoms with van der Waals surface area (Å²) in [7, 11) is 3.11. The van der Waals surface area contributed by atoms with Crippen LogP contribution in [-0.4, -0.2) is 30.9 Å². The van der Waals surface area contributed by atoms with Crippen LogP contribution >= 0.6 is 0 Å². The standard InChI is InChI=1S/C16H17N3O3/c1-21-12-3-4-15(22-2)13(8-12)14(20)10-19-16-7-11(9-17)5-6-18-16/h3-8,14,20H,10H2,1-2H3,(H,18,19)/t14-/m1/s1. The molecule has 2 rings (SSSR count). The molecule has 1 heterocycles. The molecule has 0 saturated heterocycles. The van der Waals surface area contributed by atoms with E-state index in [9.17, 15) is 5.11 Å². The SMILES string of the molecule is COc1ccc(OC)c([C@H](O)CNc2cc(C#N)ccn2)c1. The lowest BCUT2D eigenvalue weighted by atomic mass is 10.1. The van der Waals surface area contributed by atoms with Crippen LogP contribution in [0.15, 0.2) is 36.5 Å². The van der Waals surface area contributed by atoms with E-state index in [1.54, 1.807) is 50.7 Å². The van der Waals surface area contributed by atoms with Crippen molar-refractivity contribution in [2.75, 3.05) is 26.1 Å². The van der Waals surface area contributed by atoms with Crippen molar-refractivity contribution in [2.24, 2.45) is 0 Å². The van der Waals surface area contributed by atoms with Crippen LogP contribution in [0.3, 0.4) is 0 Å². The number of ether oxygens (including phenoxy) is 2. The number of hydrogen-bond donors (Lipinski definition) is 2. The van der Waals surface area contributed by atoms with E-state index in [1.807, 2.05) is 6.07 Å². The van der Waals surface area contributed by atoms with Gasteiger partial charge in [0.1, 0.15) is 17.3 Å². The van der Waals surface area contributed by atoms with E-state index in [4.69, 9.17) is 14.7 Å². The summed E-state index contributed by atoms with van der Waals surface area (Å²) in [4.78, 5) is 4.10. The lowest BCUT2D eigenvalue weighted by Gasteiger charge is -2.16. The van der Waals surface area contributed by atoms with Crippen LogP contribution in [0.25, 0.3) is 0 Å². The number of aliphatic hydroxyl groups is 1. The summed E-state index contributed by atoms with van der Waals surface area (Å²) in [6.07, 6.45) is 0.733. The number of nitrogens with one attached hydrogen (secondary N) is 1. The maximum atomic E-state index is 10.3. The molecule has 1 aromatic heterocycles. The first kappa shape index (κ1) is 15.6. The van der Waals surface area contributed by atoms with Crippen molar-refractivity contribution in [3.05, 3.63) is 47.7 Å². The van der Waals surface area contributed by atoms with Gasteiger partial charge in [0.2, 0.25) is 0 Å². The van der Waals surface area contributed by atoms with Crippen molar-refractivity contribution < 1.29 is 14.6 Å². The van der Waals surface area contributed by atoms with E-state index in [0.29, 0.717) is 28.4 Å². The number of nitriles is 1. The zero-order valence-corrected chi connectivity index (χ0v) is 12.4. The van der Waals surface area contributed by atoms with Crippen molar-refractivity contribution in [1.29, 1.82) is 5.26 Å². The minimum Gasteiger partial charge on any atom is -0.497 e. The van der Waals surface area contributed by atoms with Gasteiger partial charge in [-0.05, 0) is 30.3 Å². The Morgan fingerprint density at radius 1 is 1.27 bits per heavy atom. The molecule has 114 valence electrons. The maximum Gasteiger partial charge on any atom is 0.127 e. The largest absolute Gasteiger partial charge is 0.497 e. The Kier molecular flexibility index (Phi) is 5.17. The monoisotopic (exact) mass is 299 g/mol. The van der Waals surface area contributed by atoms with Crippen molar-refractivity contribution in [2.45, 2.75) is 6.10 Å². The number of benzene rings is 1. The van der Waals surface area contributed by atoms with E-state index >= 15 is 0 Å². The number of methoxy groups -OCH3 is 2. The summed E-state index contributed by atoms with van der Waals surface area (Å²) in [6.45, 7) is 0.228. The van der Waals surface area contributed by atoms with Gasteiger partial charge in [-0.1, -0.05) is 0 Å². The molecule has 6 nitrogen and oxygen atoms in total. The smallest absolute Gasteiger partial charge is 0.127 e. The highest BCUT2D eigenvalue weighted by Gasteiger charge is 2.14. The number of pyridine rings is 1. The topological polar surface area (TPSA) is 87.4 Å². The molecular weight excluding hydrogens is 282 g/mol. The highest BCUT2D eigenvalue weighted by atomic mass is 16.5. The van der Waals surface area contributed by atoms with Gasteiger partial charge in [-0.3, -0.25) is 0 Å². The molecule has 0 unspecified atom stereocenters. The van der Waals surface area contributed by atoms with Crippen molar-refractivity contribution in [3.8, 4) is 17.6 Å². The highest BCUT2D eigenvalue weighted by molar-refractivity contribution is 5.45. The quantitative estimate of drug-likeness (QED) is 0.849. The second-order valence-electron chi connectivity index (χ2n) is 4.55. The van der Waals surface area contributed by atoms with Crippen molar-refractivity contribution in [1.82, 2.24) is 4.98 Å². The molecule has 0 saturated carbocycles. The first-order chi connectivity index (χ1) is 10.7. The summed E-state index contributed by atoms with van der Waals surface area (Å²) >= 11 is 0. The van der Waals surface area contributed by atoms with Crippen LogP contribution in [0, 0.1) is 11.3 Å². The normalized spacial score (nSPS) is 11.4. The van der Waals surface area contributed by atoms with Crippen LogP contribution in [0.5, 0.6) is 11.5 Å². The van der Waals surface area contributed by atoms with Gasteiger partial charge in [-0.15, -0.1) is 0 Å². The Labute approximate surface area is 128 Å². The van der Waals surface area contributed by atoms with Gasteiger partial charge in [-0.25, -0.2) is 4.98 Å². The van der Waals surface area contributed by atoms with Crippen LogP contribution in [0.1, 0.15) is 17.2 Å². The minimum atomic E-state index is -0.808. The van der Waals surface area contributed by atoms with Crippen LogP contribution in [0.2, 0.25) is 0 Å². The molecule has 0 aliphatic carbocycles. The zero-order chi connectivity index (χ0) is 15.9. The molecule has 2 aromatic rings. The Hall–Kier alpha value is -2.78. The fourth-order valence-electron chi connectivity index (χ4n) is 2.01. The molecule has 1 aromatic carbocycles. The fourth-order valence-corrected chi connectivity index (χ4v) is 2.01. The van der Waals surface area contributed by atoms with Gasteiger partial charge in [0.05, 0.1) is 32.0 Å². The van der Waals surface area contributed by atoms with E-state index < -0.39 is 6.10 Å². The first-order valence-electron chi connectivity index (χ1n) is 6.68. The predicted molar refractivity (Wildman–Crippen MR) is 81.9 cm³/mol. The molecule has 0 aliphatic heterocycles. The third kappa shape index (κ3) is 3.65. The van der Waals surface area contributed by atoms with E-state index in [0.717, 1.165) is 0 Å². The lowest BCUT2D eigenvalue weighted by Crippen LogP contribution is -2.14. The van der Waals surface area contributed by atoms with E-state index in [1.165, 1.54) is 0 Å². The second kappa shape index (κ2) is 7.29. The second-order valence-corrected chi connectivity index (χ2v) is 4.55. The molecule has 22 heavy (non-hydrogen) atoms. The maximum absolute atomic E-state index is 10.3. The summed E-state index contributed by atoms with van der Waals surface area (Å²) in [5.74, 6) is 1.74. The molecule has 0 aliphatic rings. The first-order valence-corrected chi connectivity index (χ1v) is 6.68. The number of aromatic nitrogens is 1. The summed E-state index contributed by atoms with van der Waals surface area (Å²) in [5, 5.41) is 22.2. The highest BCUT2D eigenvalue weighted by Crippen LogP contribution is 2.29. The lowest BCUT2D eigenvalue weighted by molar-refractivity contribution is 0.186. The third-order valence-corrected chi connectivity index (χ3v) is 3.16. The van der Waals surface area contributed by atoms with Crippen LogP contribution in [-0.2, 0) is 0 Å². The van der Waals surface area contributed by atoms with Gasteiger partial charge in [0, 0.05) is 18.3 Å². The number of nitrogens with zero attached hydrogens (tertiary/aromatic N) is 2. The number of anilines is 1. The Bertz CT molecular complexity index is 683. The molecule has 2 N–H and O–H groups in total. The number of aliphatic hydroxyl groups excluding tert-OH is 1. The Balaban J connectivity index is 2.11. The average Bonchev–Trinajstić information content (AvgIpc) is 2.59. The molecule has 0 radical (unpaired) electrons. The fraction of sp³-hybridized carbons (Fsp3) is 0.250. The van der Waals surface area contributed by atoms with Crippen molar-refractivity contribution in [3.63, 3.8) is 0 Å². The van der Waals surface area contributed by atoms with Crippen LogP contribution < -0.4 is 14.8 Å². The molecule has 1 atom stereocenters. The number of hydrogen-bond acceptors (Lipinski definition) is 6.